The zero-order valence-corrected chi connectivity index (χ0v) is 13.2. The predicted octanol–water partition coefficient (Wildman–Crippen LogP) is -0.185. The van der Waals surface area contributed by atoms with Crippen LogP contribution in [-0.2, 0) is 24.5 Å². The van der Waals surface area contributed by atoms with Crippen molar-refractivity contribution in [1.29, 1.82) is 0 Å². The number of ether oxygens (including phenoxy) is 1. The van der Waals surface area contributed by atoms with Gasteiger partial charge in [0, 0.05) is 13.1 Å². The highest BCUT2D eigenvalue weighted by Gasteiger charge is 2.35. The van der Waals surface area contributed by atoms with Gasteiger partial charge in [0.1, 0.15) is 6.04 Å². The fraction of sp³-hybridized carbons (Fsp3) is 0.833. The summed E-state index contributed by atoms with van der Waals surface area (Å²) in [5.74, 6) is -2.23. The number of methoxy groups -OCH3 is 1. The minimum Gasteiger partial charge on any atom is -0.480 e. The van der Waals surface area contributed by atoms with Crippen LogP contribution in [0.1, 0.15) is 26.7 Å². The number of carboxylic acids is 1. The molecule has 1 unspecified atom stereocenters. The molecule has 1 saturated heterocycles. The van der Waals surface area contributed by atoms with E-state index < -0.39 is 22.2 Å². The Balaban J connectivity index is 2.69. The first-order chi connectivity index (χ1) is 9.69. The molecule has 122 valence electrons. The van der Waals surface area contributed by atoms with Gasteiger partial charge < -0.3 is 9.84 Å². The third-order valence-corrected chi connectivity index (χ3v) is 5.13. The smallest absolute Gasteiger partial charge is 0.322 e. The van der Waals surface area contributed by atoms with Crippen molar-refractivity contribution in [2.75, 3.05) is 20.2 Å². The minimum atomic E-state index is -3.88. The van der Waals surface area contributed by atoms with Crippen molar-refractivity contribution in [2.24, 2.45) is 11.8 Å². The van der Waals surface area contributed by atoms with Crippen molar-refractivity contribution in [1.82, 2.24) is 9.03 Å². The van der Waals surface area contributed by atoms with Gasteiger partial charge in [0.2, 0.25) is 0 Å². The molecule has 1 heterocycles. The Labute approximate surface area is 124 Å². The molecule has 0 saturated carbocycles. The van der Waals surface area contributed by atoms with E-state index >= 15 is 0 Å². The number of nitrogens with zero attached hydrogens (tertiary/aromatic N) is 1. The topological polar surface area (TPSA) is 113 Å². The molecule has 0 amide bonds. The van der Waals surface area contributed by atoms with E-state index in [-0.39, 0.29) is 30.9 Å². The summed E-state index contributed by atoms with van der Waals surface area (Å²) in [4.78, 5) is 22.5. The van der Waals surface area contributed by atoms with Gasteiger partial charge in [-0.3, -0.25) is 9.59 Å². The highest BCUT2D eigenvalue weighted by molar-refractivity contribution is 7.87. The van der Waals surface area contributed by atoms with E-state index in [1.165, 1.54) is 11.4 Å². The summed E-state index contributed by atoms with van der Waals surface area (Å²) in [7, 11) is -2.58. The summed E-state index contributed by atoms with van der Waals surface area (Å²) in [6.07, 6.45) is 0.736. The lowest BCUT2D eigenvalue weighted by Gasteiger charge is -2.31. The third-order valence-electron chi connectivity index (χ3n) is 3.54. The Bertz CT molecular complexity index is 482. The standard InChI is InChI=1S/C12H22N2O6S/c1-8(2)10(11(15)16)13-21(18,19)14-6-4-9(5-7-14)12(17)20-3/h8-10,13H,4-7H2,1-3H3,(H,15,16). The molecule has 0 spiro atoms. The number of hydrogen-bond acceptors (Lipinski definition) is 5. The second-order valence-corrected chi connectivity index (χ2v) is 7.08. The normalized spacial score (nSPS) is 19.4. The minimum absolute atomic E-state index is 0.166. The molecule has 1 rings (SSSR count). The Hall–Kier alpha value is -1.19. The van der Waals surface area contributed by atoms with Crippen molar-refractivity contribution in [3.8, 4) is 0 Å². The summed E-state index contributed by atoms with van der Waals surface area (Å²) in [5.41, 5.74) is 0. The molecule has 0 aliphatic carbocycles. The lowest BCUT2D eigenvalue weighted by atomic mass is 9.99. The number of hydrogen-bond donors (Lipinski definition) is 2. The number of esters is 1. The average Bonchev–Trinajstić information content (AvgIpc) is 2.43. The van der Waals surface area contributed by atoms with Gasteiger partial charge in [-0.05, 0) is 18.8 Å². The molecule has 1 aliphatic heterocycles. The number of piperidine rings is 1. The van der Waals surface area contributed by atoms with Crippen LogP contribution in [0.15, 0.2) is 0 Å². The number of rotatable bonds is 6. The molecule has 0 aromatic heterocycles. The second kappa shape index (κ2) is 7.19. The van der Waals surface area contributed by atoms with E-state index in [1.807, 2.05) is 0 Å². The SMILES string of the molecule is COC(=O)C1CCN(S(=O)(=O)NC(C(=O)O)C(C)C)CC1. The van der Waals surface area contributed by atoms with Gasteiger partial charge in [0.25, 0.3) is 10.2 Å². The zero-order chi connectivity index (χ0) is 16.2. The lowest BCUT2D eigenvalue weighted by molar-refractivity contribution is -0.146. The van der Waals surface area contributed by atoms with Crippen LogP contribution in [0.2, 0.25) is 0 Å². The Morgan fingerprint density at radius 3 is 2.19 bits per heavy atom. The Kier molecular flexibility index (Phi) is 6.11. The first-order valence-electron chi connectivity index (χ1n) is 6.77. The molecule has 0 radical (unpaired) electrons. The second-order valence-electron chi connectivity index (χ2n) is 5.38. The molecule has 0 aromatic carbocycles. The third kappa shape index (κ3) is 4.65. The van der Waals surface area contributed by atoms with E-state index in [0.29, 0.717) is 12.8 Å². The molecule has 8 nitrogen and oxygen atoms in total. The maximum absolute atomic E-state index is 12.2. The summed E-state index contributed by atoms with van der Waals surface area (Å²) in [6.45, 7) is 3.59. The Morgan fingerprint density at radius 2 is 1.81 bits per heavy atom. The highest BCUT2D eigenvalue weighted by Crippen LogP contribution is 2.20. The molecule has 1 aliphatic rings. The zero-order valence-electron chi connectivity index (χ0n) is 12.4. The van der Waals surface area contributed by atoms with Crippen molar-refractivity contribution >= 4 is 22.1 Å². The maximum Gasteiger partial charge on any atom is 0.322 e. The highest BCUT2D eigenvalue weighted by atomic mass is 32.2. The van der Waals surface area contributed by atoms with E-state index in [4.69, 9.17) is 5.11 Å². The van der Waals surface area contributed by atoms with Gasteiger partial charge in [-0.15, -0.1) is 0 Å². The average molecular weight is 322 g/mol. The van der Waals surface area contributed by atoms with Crippen molar-refractivity contribution < 1.29 is 27.9 Å². The summed E-state index contributed by atoms with van der Waals surface area (Å²) >= 11 is 0. The number of carbonyl (C=O) groups is 2. The van der Waals surface area contributed by atoms with E-state index in [0.717, 1.165) is 0 Å². The first kappa shape index (κ1) is 17.9. The molecular formula is C12H22N2O6S. The first-order valence-corrected chi connectivity index (χ1v) is 8.21. The van der Waals surface area contributed by atoms with Crippen LogP contribution in [0.5, 0.6) is 0 Å². The van der Waals surface area contributed by atoms with Crippen LogP contribution in [0.3, 0.4) is 0 Å². The molecule has 0 bridgehead atoms. The van der Waals surface area contributed by atoms with E-state index in [2.05, 4.69) is 9.46 Å². The number of aliphatic carboxylic acids is 1. The molecule has 1 fully saturated rings. The predicted molar refractivity (Wildman–Crippen MR) is 74.6 cm³/mol. The van der Waals surface area contributed by atoms with E-state index in [9.17, 15) is 18.0 Å². The molecule has 9 heteroatoms. The molecule has 2 N–H and O–H groups in total. The van der Waals surface area contributed by atoms with Gasteiger partial charge >= 0.3 is 11.9 Å². The summed E-state index contributed by atoms with van der Waals surface area (Å²) < 4.78 is 32.4. The quantitative estimate of drug-likeness (QED) is 0.656. The van der Waals surface area contributed by atoms with E-state index in [1.54, 1.807) is 13.8 Å². The van der Waals surface area contributed by atoms with Crippen molar-refractivity contribution in [3.05, 3.63) is 0 Å². The van der Waals surface area contributed by atoms with Crippen LogP contribution in [0, 0.1) is 11.8 Å². The largest absolute Gasteiger partial charge is 0.480 e. The van der Waals surface area contributed by atoms with Crippen LogP contribution in [0.25, 0.3) is 0 Å². The van der Waals surface area contributed by atoms with Crippen molar-refractivity contribution in [3.63, 3.8) is 0 Å². The fourth-order valence-electron chi connectivity index (χ4n) is 2.21. The van der Waals surface area contributed by atoms with Gasteiger partial charge in [-0.1, -0.05) is 13.8 Å². The van der Waals surface area contributed by atoms with Crippen LogP contribution >= 0.6 is 0 Å². The van der Waals surface area contributed by atoms with Crippen LogP contribution in [-0.4, -0.2) is 56.0 Å². The molecule has 0 aromatic rings. The number of carboxylic acid groups (broad SMARTS) is 1. The number of nitrogens with one attached hydrogen (secondary N) is 1. The monoisotopic (exact) mass is 322 g/mol. The molecule has 21 heavy (non-hydrogen) atoms. The van der Waals surface area contributed by atoms with Crippen LogP contribution < -0.4 is 4.72 Å². The Morgan fingerprint density at radius 1 is 1.29 bits per heavy atom. The van der Waals surface area contributed by atoms with Gasteiger partial charge in [0.05, 0.1) is 13.0 Å². The van der Waals surface area contributed by atoms with Crippen molar-refractivity contribution in [2.45, 2.75) is 32.7 Å². The fourth-order valence-corrected chi connectivity index (χ4v) is 3.74. The molecule has 1 atom stereocenters. The van der Waals surface area contributed by atoms with Gasteiger partial charge in [-0.25, -0.2) is 0 Å². The summed E-state index contributed by atoms with van der Waals surface area (Å²) in [5, 5.41) is 9.05. The van der Waals surface area contributed by atoms with Gasteiger partial charge in [-0.2, -0.15) is 17.4 Å². The molecular weight excluding hydrogens is 300 g/mol. The summed E-state index contributed by atoms with van der Waals surface area (Å²) in [6, 6.07) is -1.17. The van der Waals surface area contributed by atoms with Gasteiger partial charge in [0.15, 0.2) is 0 Å². The maximum atomic E-state index is 12.2. The van der Waals surface area contributed by atoms with Crippen LogP contribution in [0.4, 0.5) is 0 Å². The number of carbonyl (C=O) groups excluding carboxylic acids is 1. The lowest BCUT2D eigenvalue weighted by Crippen LogP contribution is -2.52.